The Hall–Kier alpha value is -1.82. The van der Waals surface area contributed by atoms with E-state index in [0.29, 0.717) is 11.1 Å². The Morgan fingerprint density at radius 1 is 1.11 bits per heavy atom. The number of nitrogens with two attached hydrogens (primary N) is 1. The predicted octanol–water partition coefficient (Wildman–Crippen LogP) is 3.40. The Kier molecular flexibility index (Phi) is 3.13. The molecular weight excluding hydrogens is 267 g/mol. The lowest BCUT2D eigenvalue weighted by atomic mass is 10.1. The minimum atomic E-state index is -4.36. The van der Waals surface area contributed by atoms with Gasteiger partial charge in [0.2, 0.25) is 5.95 Å². The van der Waals surface area contributed by atoms with Crippen molar-refractivity contribution in [2.24, 2.45) is 0 Å². The van der Waals surface area contributed by atoms with Crippen LogP contribution in [0.3, 0.4) is 0 Å². The van der Waals surface area contributed by atoms with Gasteiger partial charge in [0.25, 0.3) is 0 Å². The molecule has 0 spiro atoms. The molecule has 2 N–H and O–H groups in total. The van der Waals surface area contributed by atoms with Gasteiger partial charge in [0.1, 0.15) is 5.15 Å². The van der Waals surface area contributed by atoms with Crippen LogP contribution in [0.25, 0.3) is 11.1 Å². The van der Waals surface area contributed by atoms with Crippen molar-refractivity contribution in [2.75, 3.05) is 5.73 Å². The Morgan fingerprint density at radius 2 is 1.72 bits per heavy atom. The van der Waals surface area contributed by atoms with Gasteiger partial charge < -0.3 is 5.73 Å². The zero-order chi connectivity index (χ0) is 13.3. The van der Waals surface area contributed by atoms with E-state index in [4.69, 9.17) is 17.3 Å². The molecule has 2 aromatic rings. The quantitative estimate of drug-likeness (QED) is 0.810. The van der Waals surface area contributed by atoms with Crippen LogP contribution in [0.5, 0.6) is 0 Å². The summed E-state index contributed by atoms with van der Waals surface area (Å²) in [5.41, 5.74) is 5.53. The summed E-state index contributed by atoms with van der Waals surface area (Å²) >= 11 is 5.84. The van der Waals surface area contributed by atoms with Crippen LogP contribution in [0.2, 0.25) is 5.15 Å². The van der Waals surface area contributed by atoms with Gasteiger partial charge in [0, 0.05) is 11.8 Å². The van der Waals surface area contributed by atoms with Gasteiger partial charge in [-0.15, -0.1) is 0 Å². The van der Waals surface area contributed by atoms with Crippen molar-refractivity contribution < 1.29 is 13.2 Å². The van der Waals surface area contributed by atoms with E-state index in [1.54, 1.807) is 0 Å². The average molecular weight is 274 g/mol. The van der Waals surface area contributed by atoms with E-state index in [-0.39, 0.29) is 11.1 Å². The summed E-state index contributed by atoms with van der Waals surface area (Å²) in [5.74, 6) is 0.00987. The van der Waals surface area contributed by atoms with Gasteiger partial charge in [0.05, 0.1) is 5.56 Å². The van der Waals surface area contributed by atoms with Crippen LogP contribution < -0.4 is 5.73 Å². The van der Waals surface area contributed by atoms with Crippen LogP contribution in [0.1, 0.15) is 5.56 Å². The molecule has 0 saturated carbocycles. The molecule has 1 aromatic heterocycles. The first-order valence-corrected chi connectivity index (χ1v) is 5.21. The summed E-state index contributed by atoms with van der Waals surface area (Å²) in [5, 5.41) is 0.0993. The first-order chi connectivity index (χ1) is 8.38. The maximum Gasteiger partial charge on any atom is 0.416 e. The lowest BCUT2D eigenvalue weighted by molar-refractivity contribution is -0.137. The van der Waals surface area contributed by atoms with Crippen LogP contribution in [0.4, 0.5) is 19.1 Å². The molecule has 94 valence electrons. The number of alkyl halides is 3. The van der Waals surface area contributed by atoms with Gasteiger partial charge in [-0.1, -0.05) is 23.7 Å². The van der Waals surface area contributed by atoms with Gasteiger partial charge in [0.15, 0.2) is 0 Å². The largest absolute Gasteiger partial charge is 0.416 e. The number of nitrogen functional groups attached to an aromatic ring is 1. The highest BCUT2D eigenvalue weighted by Gasteiger charge is 2.30. The van der Waals surface area contributed by atoms with Gasteiger partial charge in [-0.25, -0.2) is 9.97 Å². The Bertz CT molecular complexity index is 567. The number of nitrogens with zero attached hydrogens (tertiary/aromatic N) is 2. The molecule has 0 fully saturated rings. The van der Waals surface area contributed by atoms with E-state index < -0.39 is 11.7 Å². The standard InChI is InChI=1S/C11H7ClF3N3/c12-9-8(5-17-10(16)18-9)6-1-3-7(4-2-6)11(13,14)15/h1-5H,(H2,16,17,18). The molecule has 0 aliphatic carbocycles. The molecule has 0 atom stereocenters. The molecule has 0 amide bonds. The monoisotopic (exact) mass is 273 g/mol. The molecule has 18 heavy (non-hydrogen) atoms. The molecule has 0 unspecified atom stereocenters. The number of rotatable bonds is 1. The smallest absolute Gasteiger partial charge is 0.368 e. The summed E-state index contributed by atoms with van der Waals surface area (Å²) in [4.78, 5) is 7.48. The highest BCUT2D eigenvalue weighted by molar-refractivity contribution is 6.32. The Morgan fingerprint density at radius 3 is 2.22 bits per heavy atom. The normalized spacial score (nSPS) is 11.6. The highest BCUT2D eigenvalue weighted by Crippen LogP contribution is 2.32. The molecule has 1 heterocycles. The first kappa shape index (κ1) is 12.6. The predicted molar refractivity (Wildman–Crippen MR) is 61.9 cm³/mol. The third-order valence-electron chi connectivity index (χ3n) is 2.28. The van der Waals surface area contributed by atoms with Gasteiger partial charge in [-0.05, 0) is 17.7 Å². The van der Waals surface area contributed by atoms with Crippen molar-refractivity contribution in [1.82, 2.24) is 9.97 Å². The van der Waals surface area contributed by atoms with Gasteiger partial charge in [-0.3, -0.25) is 0 Å². The van der Waals surface area contributed by atoms with Crippen LogP contribution in [0.15, 0.2) is 30.5 Å². The van der Waals surface area contributed by atoms with Crippen molar-refractivity contribution in [2.45, 2.75) is 6.18 Å². The minimum Gasteiger partial charge on any atom is -0.368 e. The summed E-state index contributed by atoms with van der Waals surface area (Å²) in [6, 6.07) is 4.57. The Labute approximate surface area is 105 Å². The number of halogens is 4. The maximum absolute atomic E-state index is 12.4. The molecule has 0 aliphatic heterocycles. The van der Waals surface area contributed by atoms with Crippen LogP contribution in [-0.2, 0) is 6.18 Å². The fourth-order valence-corrected chi connectivity index (χ4v) is 1.65. The molecule has 7 heteroatoms. The van der Waals surface area contributed by atoms with E-state index in [1.807, 2.05) is 0 Å². The Balaban J connectivity index is 2.41. The minimum absolute atomic E-state index is 0.00987. The second kappa shape index (κ2) is 4.45. The molecule has 0 aliphatic rings. The van der Waals surface area contributed by atoms with Crippen LogP contribution >= 0.6 is 11.6 Å². The van der Waals surface area contributed by atoms with Crippen molar-refractivity contribution in [3.63, 3.8) is 0 Å². The third-order valence-corrected chi connectivity index (χ3v) is 2.57. The van der Waals surface area contributed by atoms with Crippen molar-refractivity contribution in [3.8, 4) is 11.1 Å². The van der Waals surface area contributed by atoms with Gasteiger partial charge >= 0.3 is 6.18 Å². The second-order valence-corrected chi connectivity index (χ2v) is 3.87. The van der Waals surface area contributed by atoms with Crippen molar-refractivity contribution in [3.05, 3.63) is 41.2 Å². The third kappa shape index (κ3) is 2.53. The first-order valence-electron chi connectivity index (χ1n) is 4.83. The van der Waals surface area contributed by atoms with Crippen LogP contribution in [-0.4, -0.2) is 9.97 Å². The SMILES string of the molecule is Nc1ncc(-c2ccc(C(F)(F)F)cc2)c(Cl)n1. The molecular formula is C11H7ClF3N3. The van der Waals surface area contributed by atoms with Crippen molar-refractivity contribution >= 4 is 17.5 Å². The fraction of sp³-hybridized carbons (Fsp3) is 0.0909. The van der Waals surface area contributed by atoms with E-state index in [9.17, 15) is 13.2 Å². The van der Waals surface area contributed by atoms with E-state index in [1.165, 1.54) is 18.3 Å². The second-order valence-electron chi connectivity index (χ2n) is 3.51. The zero-order valence-electron chi connectivity index (χ0n) is 8.87. The van der Waals surface area contributed by atoms with Gasteiger partial charge in [-0.2, -0.15) is 13.2 Å². The summed E-state index contributed by atoms with van der Waals surface area (Å²) in [7, 11) is 0. The summed E-state index contributed by atoms with van der Waals surface area (Å²) in [6.07, 6.45) is -2.99. The number of aromatic nitrogens is 2. The fourth-order valence-electron chi connectivity index (χ4n) is 1.41. The lowest BCUT2D eigenvalue weighted by Crippen LogP contribution is -2.04. The van der Waals surface area contributed by atoms with Crippen molar-refractivity contribution in [1.29, 1.82) is 0 Å². The maximum atomic E-state index is 12.4. The topological polar surface area (TPSA) is 51.8 Å². The van der Waals surface area contributed by atoms with E-state index in [0.717, 1.165) is 12.1 Å². The number of hydrogen-bond donors (Lipinski definition) is 1. The molecule has 0 radical (unpaired) electrons. The molecule has 0 bridgehead atoms. The number of hydrogen-bond acceptors (Lipinski definition) is 3. The zero-order valence-corrected chi connectivity index (χ0v) is 9.63. The van der Waals surface area contributed by atoms with E-state index >= 15 is 0 Å². The molecule has 1 aromatic carbocycles. The molecule has 3 nitrogen and oxygen atoms in total. The number of anilines is 1. The molecule has 0 saturated heterocycles. The van der Waals surface area contributed by atoms with E-state index in [2.05, 4.69) is 9.97 Å². The highest BCUT2D eigenvalue weighted by atomic mass is 35.5. The van der Waals surface area contributed by atoms with Crippen LogP contribution in [0, 0.1) is 0 Å². The lowest BCUT2D eigenvalue weighted by Gasteiger charge is -2.08. The number of benzene rings is 1. The summed E-state index contributed by atoms with van der Waals surface area (Å²) in [6.45, 7) is 0. The summed E-state index contributed by atoms with van der Waals surface area (Å²) < 4.78 is 37.2. The molecule has 2 rings (SSSR count). The average Bonchev–Trinajstić information content (AvgIpc) is 2.28.